The van der Waals surface area contributed by atoms with E-state index in [1.54, 1.807) is 24.3 Å². The minimum atomic E-state index is -3.75. The molecule has 0 radical (unpaired) electrons. The highest BCUT2D eigenvalue weighted by atomic mass is 35.5. The maximum Gasteiger partial charge on any atom is 0.326 e. The molecule has 0 spiro atoms. The maximum atomic E-state index is 14.5. The lowest BCUT2D eigenvalue weighted by atomic mass is 10.1. The Morgan fingerprint density at radius 1 is 1.11 bits per heavy atom. The Hall–Kier alpha value is -2.52. The second-order valence-electron chi connectivity index (χ2n) is 6.78. The van der Waals surface area contributed by atoms with Crippen LogP contribution < -0.4 is 18.7 Å². The summed E-state index contributed by atoms with van der Waals surface area (Å²) in [5.74, 6) is -0.934. The predicted octanol–water partition coefficient (Wildman–Crippen LogP) is 3.41. The topological polar surface area (TPSA) is 79.0 Å². The first-order valence-corrected chi connectivity index (χ1v) is 10.0. The zero-order chi connectivity index (χ0) is 20.9. The molecule has 10 heteroatoms. The molecule has 7 nitrogen and oxygen atoms in total. The summed E-state index contributed by atoms with van der Waals surface area (Å²) in [6.45, 7) is 3.07. The molecule has 150 valence electrons. The van der Waals surface area contributed by atoms with E-state index >= 15 is 0 Å². The van der Waals surface area contributed by atoms with Gasteiger partial charge in [-0.1, -0.05) is 11.6 Å². The Kier molecular flexibility index (Phi) is 4.93. The van der Waals surface area contributed by atoms with Crippen molar-refractivity contribution < 1.29 is 22.3 Å². The minimum absolute atomic E-state index is 0.145. The molecule has 1 amide bonds. The van der Waals surface area contributed by atoms with Gasteiger partial charge in [0, 0.05) is 25.2 Å². The van der Waals surface area contributed by atoms with Crippen molar-refractivity contribution in [1.82, 2.24) is 0 Å². The normalized spacial score (nSPS) is 15.4. The van der Waals surface area contributed by atoms with Gasteiger partial charge in [-0.15, -0.1) is 0 Å². The predicted molar refractivity (Wildman–Crippen MR) is 107 cm³/mol. The van der Waals surface area contributed by atoms with Crippen molar-refractivity contribution in [2.45, 2.75) is 19.4 Å². The Bertz CT molecular complexity index is 1040. The molecular formula is C18H19ClFN3O4S. The molecule has 0 saturated carbocycles. The van der Waals surface area contributed by atoms with E-state index in [1.165, 1.54) is 34.0 Å². The van der Waals surface area contributed by atoms with Crippen molar-refractivity contribution >= 4 is 44.8 Å². The lowest BCUT2D eigenvalue weighted by Crippen LogP contribution is -2.42. The summed E-state index contributed by atoms with van der Waals surface area (Å²) in [5, 5.41) is 3.00. The molecule has 3 rings (SSSR count). The third kappa shape index (κ3) is 3.47. The molecule has 0 aromatic heterocycles. The fourth-order valence-electron chi connectivity index (χ4n) is 2.70. The van der Waals surface area contributed by atoms with E-state index in [1.807, 2.05) is 0 Å². The number of carbonyl (C=O) groups excluding carboxylic acids is 1. The van der Waals surface area contributed by atoms with E-state index in [-0.39, 0.29) is 17.1 Å². The number of hydrogen-bond acceptors (Lipinski definition) is 4. The van der Waals surface area contributed by atoms with Crippen molar-refractivity contribution in [1.29, 1.82) is 0 Å². The van der Waals surface area contributed by atoms with Crippen LogP contribution in [0.5, 0.6) is 5.75 Å². The number of rotatable bonds is 4. The van der Waals surface area contributed by atoms with Crippen LogP contribution in [0.15, 0.2) is 36.4 Å². The summed E-state index contributed by atoms with van der Waals surface area (Å²) in [5.41, 5.74) is -1.02. The molecule has 28 heavy (non-hydrogen) atoms. The number of amides is 1. The van der Waals surface area contributed by atoms with E-state index < -0.39 is 27.5 Å². The van der Waals surface area contributed by atoms with Gasteiger partial charge in [-0.05, 0) is 44.2 Å². The maximum absolute atomic E-state index is 14.5. The Morgan fingerprint density at radius 3 is 2.21 bits per heavy atom. The van der Waals surface area contributed by atoms with Gasteiger partial charge in [-0.2, -0.15) is 8.42 Å². The SMILES string of the molecule is CN1c2cc(F)c(NC(=O)C(C)(C)Oc3ccc(Cl)cc3)cc2N(C)S1(=O)=O. The van der Waals surface area contributed by atoms with Crippen LogP contribution >= 0.6 is 11.6 Å². The number of halogens is 2. The summed E-state index contributed by atoms with van der Waals surface area (Å²) in [6.07, 6.45) is 0. The number of ether oxygens (including phenoxy) is 1. The molecule has 0 fully saturated rings. The quantitative estimate of drug-likeness (QED) is 0.811. The number of nitrogens with one attached hydrogen (secondary N) is 1. The van der Waals surface area contributed by atoms with Gasteiger partial charge in [0.15, 0.2) is 5.60 Å². The van der Waals surface area contributed by atoms with Gasteiger partial charge < -0.3 is 10.1 Å². The van der Waals surface area contributed by atoms with Crippen LogP contribution in [0.4, 0.5) is 21.5 Å². The van der Waals surface area contributed by atoms with Gasteiger partial charge in [0.05, 0.1) is 17.1 Å². The molecule has 0 atom stereocenters. The molecule has 1 N–H and O–H groups in total. The molecule has 0 bridgehead atoms. The first-order valence-electron chi connectivity index (χ1n) is 8.26. The van der Waals surface area contributed by atoms with Crippen molar-refractivity contribution in [3.63, 3.8) is 0 Å². The van der Waals surface area contributed by atoms with Crippen LogP contribution in [-0.2, 0) is 15.0 Å². The molecule has 0 unspecified atom stereocenters. The average Bonchev–Trinajstić information content (AvgIpc) is 2.78. The molecule has 2 aromatic carbocycles. The first kappa shape index (κ1) is 20.2. The van der Waals surface area contributed by atoms with E-state index in [0.717, 1.165) is 14.7 Å². The second kappa shape index (κ2) is 6.82. The molecular weight excluding hydrogens is 409 g/mol. The standard InChI is InChI=1S/C18H19ClFN3O4S/c1-18(2,27-12-7-5-11(19)6-8-12)17(24)21-14-10-16-15(9-13(14)20)22(3)28(25,26)23(16)4/h5-10H,1-4H3,(H,21,24). The van der Waals surface area contributed by atoms with Crippen LogP contribution in [0, 0.1) is 5.82 Å². The number of fused-ring (bicyclic) bond motifs is 1. The number of nitrogens with zero attached hydrogens (tertiary/aromatic N) is 2. The Morgan fingerprint density at radius 2 is 1.64 bits per heavy atom. The lowest BCUT2D eigenvalue weighted by Gasteiger charge is -2.25. The molecule has 1 aliphatic heterocycles. The van der Waals surface area contributed by atoms with Gasteiger partial charge in [0.1, 0.15) is 11.6 Å². The fraction of sp³-hybridized carbons (Fsp3) is 0.278. The van der Waals surface area contributed by atoms with E-state index in [9.17, 15) is 17.6 Å². The molecule has 1 aliphatic rings. The molecule has 1 heterocycles. The summed E-state index contributed by atoms with van der Waals surface area (Å²) >= 11 is 5.83. The van der Waals surface area contributed by atoms with Crippen LogP contribution in [0.25, 0.3) is 0 Å². The van der Waals surface area contributed by atoms with Gasteiger partial charge in [0.25, 0.3) is 5.91 Å². The summed E-state index contributed by atoms with van der Waals surface area (Å²) < 4.78 is 46.6. The highest BCUT2D eigenvalue weighted by Crippen LogP contribution is 2.41. The van der Waals surface area contributed by atoms with Gasteiger partial charge in [-0.3, -0.25) is 13.4 Å². The number of benzene rings is 2. The average molecular weight is 428 g/mol. The van der Waals surface area contributed by atoms with Crippen LogP contribution in [0.1, 0.15) is 13.8 Å². The first-order chi connectivity index (χ1) is 12.9. The second-order valence-corrected chi connectivity index (χ2v) is 9.21. The zero-order valence-electron chi connectivity index (χ0n) is 15.7. The monoisotopic (exact) mass is 427 g/mol. The van der Waals surface area contributed by atoms with Crippen molar-refractivity contribution in [3.05, 3.63) is 47.2 Å². The van der Waals surface area contributed by atoms with Gasteiger partial charge in [-0.25, -0.2) is 4.39 Å². The molecule has 0 saturated heterocycles. The highest BCUT2D eigenvalue weighted by molar-refractivity contribution is 7.94. The number of hydrogen-bond donors (Lipinski definition) is 1. The van der Waals surface area contributed by atoms with E-state index in [0.29, 0.717) is 10.8 Å². The fourth-order valence-corrected chi connectivity index (χ4v) is 3.98. The minimum Gasteiger partial charge on any atom is -0.478 e. The Balaban J connectivity index is 1.85. The largest absolute Gasteiger partial charge is 0.478 e. The lowest BCUT2D eigenvalue weighted by molar-refractivity contribution is -0.128. The smallest absolute Gasteiger partial charge is 0.326 e. The number of anilines is 3. The Labute approximate surface area is 167 Å². The molecule has 0 aliphatic carbocycles. The van der Waals surface area contributed by atoms with Crippen LogP contribution in [0.3, 0.4) is 0 Å². The third-order valence-corrected chi connectivity index (χ3v) is 6.45. The van der Waals surface area contributed by atoms with E-state index in [4.69, 9.17) is 16.3 Å². The molecule has 2 aromatic rings. The summed E-state index contributed by atoms with van der Waals surface area (Å²) in [6, 6.07) is 8.82. The third-order valence-electron chi connectivity index (χ3n) is 4.42. The summed E-state index contributed by atoms with van der Waals surface area (Å²) in [4.78, 5) is 12.7. The highest BCUT2D eigenvalue weighted by Gasteiger charge is 2.37. The van der Waals surface area contributed by atoms with Gasteiger partial charge >= 0.3 is 10.2 Å². The van der Waals surface area contributed by atoms with Crippen LogP contribution in [0.2, 0.25) is 5.02 Å². The summed E-state index contributed by atoms with van der Waals surface area (Å²) in [7, 11) is -1.06. The van der Waals surface area contributed by atoms with Gasteiger partial charge in [0.2, 0.25) is 0 Å². The van der Waals surface area contributed by atoms with E-state index in [2.05, 4.69) is 5.32 Å². The van der Waals surface area contributed by atoms with Crippen LogP contribution in [-0.4, -0.2) is 34.0 Å². The van der Waals surface area contributed by atoms with Crippen molar-refractivity contribution in [2.75, 3.05) is 28.0 Å². The van der Waals surface area contributed by atoms with Crippen molar-refractivity contribution in [3.8, 4) is 5.75 Å². The number of carbonyl (C=O) groups is 1. The van der Waals surface area contributed by atoms with Crippen molar-refractivity contribution in [2.24, 2.45) is 0 Å². The zero-order valence-corrected chi connectivity index (χ0v) is 17.2.